The van der Waals surface area contributed by atoms with Crippen LogP contribution < -0.4 is 5.32 Å². The molecular weight excluding hydrogens is 459 g/mol. The van der Waals surface area contributed by atoms with Crippen molar-refractivity contribution in [3.63, 3.8) is 0 Å². The van der Waals surface area contributed by atoms with Crippen molar-refractivity contribution >= 4 is 12.6 Å². The molecule has 2 aromatic rings. The first-order valence-electron chi connectivity index (χ1n) is 12.5. The van der Waals surface area contributed by atoms with Crippen LogP contribution in [0.15, 0.2) is 46.9 Å². The minimum atomic E-state index is -0.236. The van der Waals surface area contributed by atoms with E-state index in [1.165, 1.54) is 6.07 Å². The van der Waals surface area contributed by atoms with Gasteiger partial charge >= 0.3 is 0 Å². The fraction of sp³-hybridized carbons (Fsp3) is 0.481. The maximum atomic E-state index is 13.7. The van der Waals surface area contributed by atoms with Crippen LogP contribution in [0.5, 0.6) is 0 Å². The van der Waals surface area contributed by atoms with E-state index in [1.54, 1.807) is 32.4 Å². The lowest BCUT2D eigenvalue weighted by atomic mass is 10.1. The lowest BCUT2D eigenvalue weighted by Crippen LogP contribution is -2.32. The molecule has 0 bridgehead atoms. The van der Waals surface area contributed by atoms with E-state index < -0.39 is 0 Å². The smallest absolute Gasteiger partial charge is 0.207 e. The molecule has 0 spiro atoms. The highest BCUT2D eigenvalue weighted by atomic mass is 19.1. The average molecular weight is 499 g/mol. The molecule has 0 aliphatic carbocycles. The lowest BCUT2D eigenvalue weighted by molar-refractivity contribution is -0.109. The third-order valence-corrected chi connectivity index (χ3v) is 5.54. The molecular formula is C27H39FN6O2. The van der Waals surface area contributed by atoms with Crippen LogP contribution in [0.3, 0.4) is 0 Å². The zero-order valence-corrected chi connectivity index (χ0v) is 22.1. The topological polar surface area (TPSA) is 84.6 Å². The van der Waals surface area contributed by atoms with Gasteiger partial charge in [-0.05, 0) is 62.9 Å². The second kappa shape index (κ2) is 15.5. The van der Waals surface area contributed by atoms with Crippen LogP contribution in [0.4, 0.5) is 4.39 Å². The third kappa shape index (κ3) is 8.62. The van der Waals surface area contributed by atoms with E-state index in [4.69, 9.17) is 14.8 Å². The number of hydrogen-bond acceptors (Lipinski definition) is 6. The first-order valence-corrected chi connectivity index (χ1v) is 12.5. The molecule has 0 saturated carbocycles. The Morgan fingerprint density at radius 1 is 1.31 bits per heavy atom. The molecule has 0 unspecified atom stereocenters. The van der Waals surface area contributed by atoms with Crippen LogP contribution in [0.2, 0.25) is 0 Å². The lowest BCUT2D eigenvalue weighted by Gasteiger charge is -2.25. The van der Waals surface area contributed by atoms with Gasteiger partial charge in [-0.25, -0.2) is 19.0 Å². The zero-order chi connectivity index (χ0) is 26.3. The predicted molar refractivity (Wildman–Crippen MR) is 142 cm³/mol. The van der Waals surface area contributed by atoms with Crippen LogP contribution in [-0.4, -0.2) is 59.0 Å². The van der Waals surface area contributed by atoms with Crippen molar-refractivity contribution < 1.29 is 13.9 Å². The van der Waals surface area contributed by atoms with Crippen LogP contribution in [0, 0.1) is 12.7 Å². The summed E-state index contributed by atoms with van der Waals surface area (Å²) in [4.78, 5) is 22.2. The molecule has 196 valence electrons. The van der Waals surface area contributed by atoms with E-state index in [2.05, 4.69) is 29.1 Å². The molecule has 1 aromatic heterocycles. The molecule has 0 atom stereocenters. The number of nitrogens with one attached hydrogen (secondary N) is 1. The van der Waals surface area contributed by atoms with Gasteiger partial charge in [0.25, 0.3) is 0 Å². The molecule has 8 nitrogen and oxygen atoms in total. The molecule has 0 radical (unpaired) electrons. The summed E-state index contributed by atoms with van der Waals surface area (Å²) in [7, 11) is 1.64. The molecule has 36 heavy (non-hydrogen) atoms. The second-order valence-electron chi connectivity index (χ2n) is 8.31. The highest BCUT2D eigenvalue weighted by Gasteiger charge is 2.14. The molecule has 0 saturated heterocycles. The number of aliphatic imine (C=N–C) groups is 1. The van der Waals surface area contributed by atoms with Gasteiger partial charge in [-0.3, -0.25) is 4.79 Å². The zero-order valence-electron chi connectivity index (χ0n) is 22.1. The number of aromatic nitrogens is 3. The highest BCUT2D eigenvalue weighted by molar-refractivity contribution is 5.56. The van der Waals surface area contributed by atoms with Crippen LogP contribution in [0.1, 0.15) is 51.4 Å². The fourth-order valence-electron chi connectivity index (χ4n) is 3.75. The summed E-state index contributed by atoms with van der Waals surface area (Å²) in [6.45, 7) is 10.2. The molecule has 1 heterocycles. The molecule has 9 heteroatoms. The Labute approximate surface area is 214 Å². The summed E-state index contributed by atoms with van der Waals surface area (Å²) < 4.78 is 21.2. The van der Waals surface area contributed by atoms with Gasteiger partial charge in [-0.1, -0.05) is 13.8 Å². The van der Waals surface area contributed by atoms with Crippen LogP contribution >= 0.6 is 0 Å². The second-order valence-corrected chi connectivity index (χ2v) is 8.31. The Bertz CT molecular complexity index is 1060. The van der Waals surface area contributed by atoms with Crippen molar-refractivity contribution in [2.45, 2.75) is 59.9 Å². The number of amides is 1. The summed E-state index contributed by atoms with van der Waals surface area (Å²) in [6.07, 6.45) is 9.76. The van der Waals surface area contributed by atoms with Gasteiger partial charge in [-0.15, -0.1) is 0 Å². The van der Waals surface area contributed by atoms with Gasteiger partial charge < -0.3 is 15.0 Å². The van der Waals surface area contributed by atoms with Gasteiger partial charge in [-0.2, -0.15) is 5.10 Å². The Morgan fingerprint density at radius 2 is 2.11 bits per heavy atom. The van der Waals surface area contributed by atoms with Gasteiger partial charge in [0.2, 0.25) is 6.41 Å². The van der Waals surface area contributed by atoms with Gasteiger partial charge in [0, 0.05) is 50.5 Å². The number of carbonyl (C=O) groups is 1. The first-order chi connectivity index (χ1) is 17.5. The summed E-state index contributed by atoms with van der Waals surface area (Å²) in [6, 6.07) is 4.96. The Kier molecular flexibility index (Phi) is 12.4. The molecule has 2 rings (SSSR count). The number of hydrogen-bond donors (Lipinski definition) is 1. The SMILES string of the molecule is C\C=N/C(=C\C(=C\CC)OC)N(CCCn1nc(-c2ccc(F)c(C)c2)nc1CCC)CCNC=O. The summed E-state index contributed by atoms with van der Waals surface area (Å²) >= 11 is 0. The van der Waals surface area contributed by atoms with Crippen molar-refractivity contribution in [1.29, 1.82) is 0 Å². The average Bonchev–Trinajstić information content (AvgIpc) is 3.27. The molecule has 1 amide bonds. The number of allylic oxidation sites excluding steroid dienone is 2. The van der Waals surface area contributed by atoms with E-state index in [0.29, 0.717) is 44.0 Å². The molecule has 0 aliphatic heterocycles. The van der Waals surface area contributed by atoms with Gasteiger partial charge in [0.1, 0.15) is 23.2 Å². The third-order valence-electron chi connectivity index (χ3n) is 5.54. The molecule has 0 fully saturated rings. The van der Waals surface area contributed by atoms with Gasteiger partial charge in [0.05, 0.1) is 7.11 Å². The number of halogens is 1. The van der Waals surface area contributed by atoms with E-state index in [1.807, 2.05) is 23.8 Å². The minimum Gasteiger partial charge on any atom is -0.497 e. The monoisotopic (exact) mass is 498 g/mol. The Morgan fingerprint density at radius 3 is 2.75 bits per heavy atom. The van der Waals surface area contributed by atoms with Crippen molar-refractivity contribution in [3.8, 4) is 11.4 Å². The number of rotatable bonds is 16. The minimum absolute atomic E-state index is 0.236. The van der Waals surface area contributed by atoms with Crippen molar-refractivity contribution in [1.82, 2.24) is 25.0 Å². The van der Waals surface area contributed by atoms with Crippen molar-refractivity contribution in [2.24, 2.45) is 4.99 Å². The standard InChI is InChI=1S/C27H39FN6O2/c1-6-10-23(36-5)19-26(30-8-3)33(17-14-29-20-35)15-9-16-34-25(11-7-2)31-27(32-34)22-12-13-24(28)21(4)18-22/h8,10,12-13,18-20H,6-7,9,11,14-17H2,1-5H3,(H,29,35)/b23-10-,26-19+,30-8-. The number of methoxy groups -OCH3 is 1. The van der Waals surface area contributed by atoms with Crippen molar-refractivity contribution in [2.75, 3.05) is 26.7 Å². The summed E-state index contributed by atoms with van der Waals surface area (Å²) in [5.74, 6) is 2.80. The Hall–Kier alpha value is -3.49. The summed E-state index contributed by atoms with van der Waals surface area (Å²) in [5, 5.41) is 7.47. The first kappa shape index (κ1) is 28.7. The predicted octanol–water partition coefficient (Wildman–Crippen LogP) is 4.66. The maximum Gasteiger partial charge on any atom is 0.207 e. The molecule has 1 aromatic carbocycles. The Balaban J connectivity index is 2.23. The summed E-state index contributed by atoms with van der Waals surface area (Å²) in [5.41, 5.74) is 1.38. The number of ether oxygens (including phenoxy) is 1. The number of carbonyl (C=O) groups excluding carboxylic acids is 1. The largest absolute Gasteiger partial charge is 0.497 e. The number of benzene rings is 1. The quantitative estimate of drug-likeness (QED) is 0.120. The van der Waals surface area contributed by atoms with E-state index in [0.717, 1.165) is 48.7 Å². The highest BCUT2D eigenvalue weighted by Crippen LogP contribution is 2.20. The normalized spacial score (nSPS) is 12.3. The van der Waals surface area contributed by atoms with E-state index in [-0.39, 0.29) is 5.82 Å². The van der Waals surface area contributed by atoms with Crippen molar-refractivity contribution in [3.05, 3.63) is 59.1 Å². The number of nitrogens with zero attached hydrogens (tertiary/aromatic N) is 5. The van der Waals surface area contributed by atoms with Gasteiger partial charge in [0.15, 0.2) is 5.82 Å². The molecule has 0 aliphatic rings. The maximum absolute atomic E-state index is 13.7. The number of aryl methyl sites for hydroxylation is 3. The van der Waals surface area contributed by atoms with Crippen LogP contribution in [0.25, 0.3) is 11.4 Å². The molecule has 1 N–H and O–H groups in total. The van der Waals surface area contributed by atoms with E-state index >= 15 is 0 Å². The van der Waals surface area contributed by atoms with E-state index in [9.17, 15) is 9.18 Å². The van der Waals surface area contributed by atoms with Crippen LogP contribution in [-0.2, 0) is 22.5 Å². The fourth-order valence-corrected chi connectivity index (χ4v) is 3.75.